The summed E-state index contributed by atoms with van der Waals surface area (Å²) in [5.41, 5.74) is 0.536. The van der Waals surface area contributed by atoms with Crippen molar-refractivity contribution < 1.29 is 13.9 Å². The first-order valence-corrected chi connectivity index (χ1v) is 4.51. The molecule has 70 valence electrons. The fourth-order valence-corrected chi connectivity index (χ4v) is 1.36. The molecule has 0 aromatic heterocycles. The van der Waals surface area contributed by atoms with Crippen LogP contribution in [0.2, 0.25) is 0 Å². The third kappa shape index (κ3) is 2.83. The van der Waals surface area contributed by atoms with Gasteiger partial charge in [-0.2, -0.15) is 0 Å². The molecule has 0 spiro atoms. The van der Waals surface area contributed by atoms with Gasteiger partial charge in [0.05, 0.1) is 12.8 Å². The highest BCUT2D eigenvalue weighted by Crippen LogP contribution is 2.18. The van der Waals surface area contributed by atoms with Crippen molar-refractivity contribution in [2.24, 2.45) is 0 Å². The monoisotopic (exact) mass is 295 g/mol. The number of amides is 1. The molecule has 1 aromatic rings. The van der Waals surface area contributed by atoms with Gasteiger partial charge in [0, 0.05) is 3.57 Å². The lowest BCUT2D eigenvalue weighted by molar-refractivity contribution is 0.187. The fraction of sp³-hybridized carbons (Fsp3) is 0.125. The number of benzene rings is 1. The van der Waals surface area contributed by atoms with Crippen molar-refractivity contribution in [2.45, 2.75) is 0 Å². The van der Waals surface area contributed by atoms with Gasteiger partial charge < -0.3 is 4.74 Å². The highest BCUT2D eigenvalue weighted by molar-refractivity contribution is 14.1. The van der Waals surface area contributed by atoms with Gasteiger partial charge in [-0.3, -0.25) is 5.32 Å². The Morgan fingerprint density at radius 1 is 1.62 bits per heavy atom. The van der Waals surface area contributed by atoms with Crippen LogP contribution in [-0.2, 0) is 4.74 Å². The quantitative estimate of drug-likeness (QED) is 0.809. The number of carbonyl (C=O) groups is 1. The van der Waals surface area contributed by atoms with E-state index in [0.717, 1.165) is 0 Å². The number of hydrogen-bond acceptors (Lipinski definition) is 2. The fourth-order valence-electron chi connectivity index (χ4n) is 0.752. The molecular weight excluding hydrogens is 288 g/mol. The van der Waals surface area contributed by atoms with Gasteiger partial charge in [-0.05, 0) is 40.8 Å². The Morgan fingerprint density at radius 3 is 2.85 bits per heavy atom. The van der Waals surface area contributed by atoms with Crippen LogP contribution in [0.15, 0.2) is 18.2 Å². The number of ether oxygens (including phenoxy) is 1. The van der Waals surface area contributed by atoms with Crippen LogP contribution < -0.4 is 5.32 Å². The van der Waals surface area contributed by atoms with Crippen LogP contribution >= 0.6 is 22.6 Å². The van der Waals surface area contributed by atoms with Gasteiger partial charge in [-0.15, -0.1) is 0 Å². The zero-order chi connectivity index (χ0) is 9.84. The Morgan fingerprint density at radius 2 is 2.31 bits per heavy atom. The van der Waals surface area contributed by atoms with Crippen molar-refractivity contribution in [3.63, 3.8) is 0 Å². The second-order valence-electron chi connectivity index (χ2n) is 2.24. The summed E-state index contributed by atoms with van der Waals surface area (Å²) in [4.78, 5) is 10.8. The summed E-state index contributed by atoms with van der Waals surface area (Å²) >= 11 is 1.93. The number of halogens is 2. The molecule has 0 saturated heterocycles. The maximum Gasteiger partial charge on any atom is 0.411 e. The van der Waals surface area contributed by atoms with E-state index in [2.05, 4.69) is 10.1 Å². The van der Waals surface area contributed by atoms with Gasteiger partial charge in [0.15, 0.2) is 0 Å². The molecule has 0 aliphatic heterocycles. The van der Waals surface area contributed by atoms with E-state index in [9.17, 15) is 9.18 Å². The Kier molecular flexibility index (Phi) is 3.47. The number of nitrogens with one attached hydrogen (secondary N) is 1. The molecule has 1 N–H and O–H groups in total. The van der Waals surface area contributed by atoms with Crippen LogP contribution in [-0.4, -0.2) is 13.2 Å². The summed E-state index contributed by atoms with van der Waals surface area (Å²) in [6, 6.07) is 4.08. The molecule has 0 heterocycles. The minimum absolute atomic E-state index is 0.334. The smallest absolute Gasteiger partial charge is 0.411 e. The van der Waals surface area contributed by atoms with E-state index in [1.54, 1.807) is 0 Å². The highest BCUT2D eigenvalue weighted by Gasteiger charge is 2.04. The van der Waals surface area contributed by atoms with Gasteiger partial charge in [-0.1, -0.05) is 0 Å². The zero-order valence-electron chi connectivity index (χ0n) is 6.80. The van der Waals surface area contributed by atoms with E-state index in [0.29, 0.717) is 9.26 Å². The summed E-state index contributed by atoms with van der Waals surface area (Å²) in [5, 5.41) is 2.45. The normalized spacial score (nSPS) is 9.46. The van der Waals surface area contributed by atoms with Crippen molar-refractivity contribution in [1.29, 1.82) is 0 Å². The first-order valence-electron chi connectivity index (χ1n) is 3.43. The Balaban J connectivity index is 2.83. The molecule has 0 bridgehead atoms. The molecule has 0 radical (unpaired) electrons. The first kappa shape index (κ1) is 10.2. The number of methoxy groups -OCH3 is 1. The molecular formula is C8H7FINO2. The molecule has 1 aromatic carbocycles. The second kappa shape index (κ2) is 4.40. The minimum Gasteiger partial charge on any atom is -0.453 e. The van der Waals surface area contributed by atoms with Gasteiger partial charge >= 0.3 is 6.09 Å². The zero-order valence-corrected chi connectivity index (χ0v) is 8.96. The van der Waals surface area contributed by atoms with Crippen LogP contribution in [0.4, 0.5) is 14.9 Å². The second-order valence-corrected chi connectivity index (χ2v) is 3.40. The number of carbonyl (C=O) groups excluding carboxylic acids is 1. The van der Waals surface area contributed by atoms with Crippen LogP contribution in [0.3, 0.4) is 0 Å². The molecule has 5 heteroatoms. The topological polar surface area (TPSA) is 38.3 Å². The van der Waals surface area contributed by atoms with Gasteiger partial charge in [-0.25, -0.2) is 9.18 Å². The minimum atomic E-state index is -0.565. The lowest BCUT2D eigenvalue weighted by Crippen LogP contribution is -2.11. The number of rotatable bonds is 1. The Labute approximate surface area is 88.4 Å². The lowest BCUT2D eigenvalue weighted by atomic mass is 10.3. The summed E-state index contributed by atoms with van der Waals surface area (Å²) in [6.07, 6.45) is -0.565. The van der Waals surface area contributed by atoms with Crippen molar-refractivity contribution in [1.82, 2.24) is 0 Å². The molecule has 0 saturated carbocycles. The van der Waals surface area contributed by atoms with Crippen LogP contribution in [0, 0.1) is 9.39 Å². The van der Waals surface area contributed by atoms with Crippen molar-refractivity contribution in [3.8, 4) is 0 Å². The van der Waals surface area contributed by atoms with E-state index in [4.69, 9.17) is 0 Å². The van der Waals surface area contributed by atoms with Crippen LogP contribution in [0.1, 0.15) is 0 Å². The van der Waals surface area contributed by atoms with Crippen LogP contribution in [0.5, 0.6) is 0 Å². The van der Waals surface area contributed by atoms with E-state index in [1.807, 2.05) is 22.6 Å². The van der Waals surface area contributed by atoms with E-state index in [-0.39, 0.29) is 5.82 Å². The standard InChI is InChI=1S/C8H7FINO2/c1-13-8(12)11-7-3-2-5(9)4-6(7)10/h2-4H,1H3,(H,11,12). The summed E-state index contributed by atoms with van der Waals surface area (Å²) in [7, 11) is 1.27. The average Bonchev–Trinajstić information content (AvgIpc) is 2.09. The van der Waals surface area contributed by atoms with Crippen molar-refractivity contribution in [3.05, 3.63) is 27.6 Å². The number of anilines is 1. The van der Waals surface area contributed by atoms with E-state index < -0.39 is 6.09 Å². The third-order valence-corrected chi connectivity index (χ3v) is 2.25. The molecule has 13 heavy (non-hydrogen) atoms. The predicted octanol–water partition coefficient (Wildman–Crippen LogP) is 2.61. The number of hydrogen-bond donors (Lipinski definition) is 1. The van der Waals surface area contributed by atoms with E-state index in [1.165, 1.54) is 25.3 Å². The Hall–Kier alpha value is -0.850. The molecule has 0 atom stereocenters. The van der Waals surface area contributed by atoms with E-state index >= 15 is 0 Å². The van der Waals surface area contributed by atoms with Gasteiger partial charge in [0.25, 0.3) is 0 Å². The SMILES string of the molecule is COC(=O)Nc1ccc(F)cc1I. The lowest BCUT2D eigenvalue weighted by Gasteiger charge is -2.05. The maximum atomic E-state index is 12.6. The molecule has 0 aliphatic rings. The predicted molar refractivity (Wildman–Crippen MR) is 55.1 cm³/mol. The molecule has 1 amide bonds. The largest absolute Gasteiger partial charge is 0.453 e. The van der Waals surface area contributed by atoms with Crippen molar-refractivity contribution >= 4 is 34.4 Å². The maximum absolute atomic E-state index is 12.6. The summed E-state index contributed by atoms with van der Waals surface area (Å²) in [5.74, 6) is -0.334. The van der Waals surface area contributed by atoms with Gasteiger partial charge in [0.1, 0.15) is 5.82 Å². The summed E-state index contributed by atoms with van der Waals surface area (Å²) < 4.78 is 17.6. The highest BCUT2D eigenvalue weighted by atomic mass is 127. The Bertz CT molecular complexity index is 330. The molecule has 3 nitrogen and oxygen atoms in total. The van der Waals surface area contributed by atoms with Crippen molar-refractivity contribution in [2.75, 3.05) is 12.4 Å². The molecule has 0 fully saturated rings. The molecule has 0 unspecified atom stereocenters. The molecule has 1 rings (SSSR count). The first-order chi connectivity index (χ1) is 6.13. The molecule has 0 aliphatic carbocycles. The van der Waals surface area contributed by atoms with Crippen LogP contribution in [0.25, 0.3) is 0 Å². The summed E-state index contributed by atoms with van der Waals surface area (Å²) in [6.45, 7) is 0. The third-order valence-electron chi connectivity index (χ3n) is 1.35. The van der Waals surface area contributed by atoms with Gasteiger partial charge in [0.2, 0.25) is 0 Å². The average molecular weight is 295 g/mol.